The number of aryl methyl sites for hydroxylation is 1. The zero-order valence-electron chi connectivity index (χ0n) is 14.3. The third kappa shape index (κ3) is 3.45. The Hall–Kier alpha value is -2.94. The van der Waals surface area contributed by atoms with Gasteiger partial charge in [-0.1, -0.05) is 6.07 Å². The summed E-state index contributed by atoms with van der Waals surface area (Å²) >= 11 is 1.58. The van der Waals surface area contributed by atoms with Crippen molar-refractivity contribution in [1.29, 1.82) is 0 Å². The molecule has 0 fully saturated rings. The van der Waals surface area contributed by atoms with E-state index in [2.05, 4.69) is 20.4 Å². The van der Waals surface area contributed by atoms with Crippen molar-refractivity contribution in [3.8, 4) is 16.6 Å². The summed E-state index contributed by atoms with van der Waals surface area (Å²) in [7, 11) is 6.89. The molecule has 9 heteroatoms. The maximum absolute atomic E-state index is 12.7. The molecule has 0 unspecified atom stereocenters. The molecular weight excluding hydrogens is 340 g/mol. The summed E-state index contributed by atoms with van der Waals surface area (Å²) < 4.78 is 6.60. The number of hydrogen-bond acceptors (Lipinski definition) is 7. The summed E-state index contributed by atoms with van der Waals surface area (Å²) in [4.78, 5) is 23.8. The highest BCUT2D eigenvalue weighted by Crippen LogP contribution is 2.26. The molecule has 0 atom stereocenters. The predicted molar refractivity (Wildman–Crippen MR) is 97.4 cm³/mol. The first kappa shape index (κ1) is 16.9. The monoisotopic (exact) mass is 358 g/mol. The lowest BCUT2D eigenvalue weighted by Gasteiger charge is -2.16. The van der Waals surface area contributed by atoms with Gasteiger partial charge in [0, 0.05) is 21.1 Å². The molecule has 0 bridgehead atoms. The molecule has 1 N–H and O–H groups in total. The Morgan fingerprint density at radius 3 is 2.84 bits per heavy atom. The molecule has 3 aromatic heterocycles. The van der Waals surface area contributed by atoms with Crippen molar-refractivity contribution in [1.82, 2.24) is 19.7 Å². The Bertz CT molecular complexity index is 888. The minimum atomic E-state index is -0.283. The number of ether oxygens (including phenoxy) is 1. The van der Waals surface area contributed by atoms with Crippen molar-refractivity contribution in [2.24, 2.45) is 7.05 Å². The fourth-order valence-electron chi connectivity index (χ4n) is 2.30. The van der Waals surface area contributed by atoms with E-state index in [4.69, 9.17) is 4.74 Å². The van der Waals surface area contributed by atoms with Crippen LogP contribution in [0.1, 0.15) is 10.5 Å². The first-order chi connectivity index (χ1) is 12.0. The summed E-state index contributed by atoms with van der Waals surface area (Å²) in [5, 5.41) is 9.22. The average molecular weight is 358 g/mol. The highest BCUT2D eigenvalue weighted by atomic mass is 32.1. The Labute approximate surface area is 149 Å². The molecule has 3 heterocycles. The van der Waals surface area contributed by atoms with E-state index in [1.54, 1.807) is 34.0 Å². The second-order valence-corrected chi connectivity index (χ2v) is 6.41. The van der Waals surface area contributed by atoms with Gasteiger partial charge < -0.3 is 15.0 Å². The van der Waals surface area contributed by atoms with Gasteiger partial charge in [0.1, 0.15) is 17.1 Å². The van der Waals surface area contributed by atoms with Crippen molar-refractivity contribution in [3.63, 3.8) is 0 Å². The minimum Gasteiger partial charge on any atom is -0.467 e. The molecule has 1 amide bonds. The van der Waals surface area contributed by atoms with Crippen LogP contribution < -0.4 is 15.0 Å². The number of carbonyl (C=O) groups excluding carboxylic acids is 1. The molecule has 3 rings (SSSR count). The molecule has 0 aliphatic carbocycles. The molecule has 0 saturated carbocycles. The van der Waals surface area contributed by atoms with Gasteiger partial charge in [0.25, 0.3) is 5.91 Å². The first-order valence-electron chi connectivity index (χ1n) is 7.47. The number of methoxy groups -OCH3 is 1. The molecule has 0 aliphatic rings. The van der Waals surface area contributed by atoms with Gasteiger partial charge in [-0.15, -0.1) is 11.3 Å². The van der Waals surface area contributed by atoms with Crippen LogP contribution in [0, 0.1) is 0 Å². The normalized spacial score (nSPS) is 10.6. The maximum Gasteiger partial charge on any atom is 0.318 e. The van der Waals surface area contributed by atoms with E-state index in [0.29, 0.717) is 17.2 Å². The van der Waals surface area contributed by atoms with Crippen molar-refractivity contribution >= 4 is 28.7 Å². The molecular formula is C16H18N6O2S. The fourth-order valence-corrected chi connectivity index (χ4v) is 2.98. The molecule has 0 aliphatic heterocycles. The number of thiophene rings is 1. The van der Waals surface area contributed by atoms with Crippen molar-refractivity contribution < 1.29 is 9.53 Å². The van der Waals surface area contributed by atoms with Crippen LogP contribution >= 0.6 is 11.3 Å². The van der Waals surface area contributed by atoms with Crippen LogP contribution in [-0.4, -0.2) is 46.9 Å². The number of nitrogens with one attached hydrogen (secondary N) is 1. The number of carbonyl (C=O) groups is 1. The van der Waals surface area contributed by atoms with E-state index in [9.17, 15) is 4.79 Å². The Balaban J connectivity index is 1.88. The van der Waals surface area contributed by atoms with Gasteiger partial charge in [-0.3, -0.25) is 9.48 Å². The molecule has 8 nitrogen and oxygen atoms in total. The molecule has 0 spiro atoms. The second kappa shape index (κ2) is 6.89. The molecule has 130 valence electrons. The zero-order valence-corrected chi connectivity index (χ0v) is 15.2. The van der Waals surface area contributed by atoms with Crippen LogP contribution in [0.2, 0.25) is 0 Å². The van der Waals surface area contributed by atoms with E-state index >= 15 is 0 Å². The standard InChI is InChI=1S/C16H18N6O2S/c1-21(2)14-11(9-17-16(19-14)24-4)18-15(23)12-8-10(20-22(12)3)13-6-5-7-25-13/h5-9H,1-4H3,(H,18,23). The van der Waals surface area contributed by atoms with E-state index in [1.807, 2.05) is 31.6 Å². The Morgan fingerprint density at radius 2 is 2.20 bits per heavy atom. The van der Waals surface area contributed by atoms with Crippen molar-refractivity contribution in [3.05, 3.63) is 35.5 Å². The van der Waals surface area contributed by atoms with Gasteiger partial charge in [0.15, 0.2) is 5.82 Å². The molecule has 0 saturated heterocycles. The number of aromatic nitrogens is 4. The van der Waals surface area contributed by atoms with E-state index in [1.165, 1.54) is 13.3 Å². The summed E-state index contributed by atoms with van der Waals surface area (Å²) in [5.41, 5.74) is 1.71. The van der Waals surface area contributed by atoms with Crippen LogP contribution in [0.5, 0.6) is 6.01 Å². The van der Waals surface area contributed by atoms with Gasteiger partial charge >= 0.3 is 6.01 Å². The smallest absolute Gasteiger partial charge is 0.318 e. The van der Waals surface area contributed by atoms with Crippen LogP contribution in [0.4, 0.5) is 11.5 Å². The first-order valence-corrected chi connectivity index (χ1v) is 8.35. The van der Waals surface area contributed by atoms with Gasteiger partial charge in [0.2, 0.25) is 0 Å². The lowest BCUT2D eigenvalue weighted by Crippen LogP contribution is -2.20. The Morgan fingerprint density at radius 1 is 1.40 bits per heavy atom. The highest BCUT2D eigenvalue weighted by Gasteiger charge is 2.18. The van der Waals surface area contributed by atoms with Crippen LogP contribution in [-0.2, 0) is 7.05 Å². The number of amides is 1. The van der Waals surface area contributed by atoms with Gasteiger partial charge in [0.05, 0.1) is 18.2 Å². The number of hydrogen-bond donors (Lipinski definition) is 1. The third-order valence-corrected chi connectivity index (χ3v) is 4.38. The summed E-state index contributed by atoms with van der Waals surface area (Å²) in [5.74, 6) is 0.274. The van der Waals surface area contributed by atoms with E-state index in [0.717, 1.165) is 10.6 Å². The van der Waals surface area contributed by atoms with Crippen LogP contribution in [0.3, 0.4) is 0 Å². The predicted octanol–water partition coefficient (Wildman–Crippen LogP) is 2.27. The van der Waals surface area contributed by atoms with E-state index < -0.39 is 0 Å². The lowest BCUT2D eigenvalue weighted by atomic mass is 10.3. The van der Waals surface area contributed by atoms with Gasteiger partial charge in [-0.2, -0.15) is 10.1 Å². The largest absolute Gasteiger partial charge is 0.467 e. The van der Waals surface area contributed by atoms with E-state index in [-0.39, 0.29) is 11.9 Å². The average Bonchev–Trinajstić information content (AvgIpc) is 3.24. The second-order valence-electron chi connectivity index (χ2n) is 5.46. The van der Waals surface area contributed by atoms with Gasteiger partial charge in [-0.25, -0.2) is 4.98 Å². The van der Waals surface area contributed by atoms with Crippen LogP contribution in [0.25, 0.3) is 10.6 Å². The third-order valence-electron chi connectivity index (χ3n) is 3.49. The molecule has 3 aromatic rings. The lowest BCUT2D eigenvalue weighted by molar-refractivity contribution is 0.101. The number of anilines is 2. The molecule has 25 heavy (non-hydrogen) atoms. The minimum absolute atomic E-state index is 0.238. The zero-order chi connectivity index (χ0) is 18.0. The summed E-state index contributed by atoms with van der Waals surface area (Å²) in [6, 6.07) is 5.92. The van der Waals surface area contributed by atoms with Gasteiger partial charge in [-0.05, 0) is 17.5 Å². The molecule has 0 radical (unpaired) electrons. The van der Waals surface area contributed by atoms with Crippen LogP contribution in [0.15, 0.2) is 29.8 Å². The summed E-state index contributed by atoms with van der Waals surface area (Å²) in [6.07, 6.45) is 1.52. The number of nitrogens with zero attached hydrogens (tertiary/aromatic N) is 5. The van der Waals surface area contributed by atoms with Crippen molar-refractivity contribution in [2.75, 3.05) is 31.4 Å². The summed E-state index contributed by atoms with van der Waals surface area (Å²) in [6.45, 7) is 0. The molecule has 0 aromatic carbocycles. The highest BCUT2D eigenvalue weighted by molar-refractivity contribution is 7.13. The maximum atomic E-state index is 12.7. The van der Waals surface area contributed by atoms with Crippen molar-refractivity contribution in [2.45, 2.75) is 0 Å². The quantitative estimate of drug-likeness (QED) is 0.753. The Kier molecular flexibility index (Phi) is 4.66. The SMILES string of the molecule is COc1ncc(NC(=O)c2cc(-c3cccs3)nn2C)c(N(C)C)n1. The topological polar surface area (TPSA) is 85.2 Å². The number of rotatable bonds is 5. The fraction of sp³-hybridized carbons (Fsp3) is 0.250.